The van der Waals surface area contributed by atoms with E-state index in [1.807, 2.05) is 0 Å². The summed E-state index contributed by atoms with van der Waals surface area (Å²) in [6, 6.07) is 5.04. The highest BCUT2D eigenvalue weighted by Crippen LogP contribution is 2.30. The van der Waals surface area contributed by atoms with E-state index in [-0.39, 0.29) is 12.2 Å². The van der Waals surface area contributed by atoms with Crippen LogP contribution in [0, 0.1) is 0 Å². The van der Waals surface area contributed by atoms with Gasteiger partial charge in [-0.15, -0.1) is 0 Å². The summed E-state index contributed by atoms with van der Waals surface area (Å²) in [5.41, 5.74) is 0.551. The van der Waals surface area contributed by atoms with Crippen molar-refractivity contribution in [2.24, 2.45) is 0 Å². The van der Waals surface area contributed by atoms with Crippen LogP contribution >= 0.6 is 15.9 Å². The van der Waals surface area contributed by atoms with Crippen LogP contribution in [0.2, 0.25) is 0 Å². The molecule has 1 N–H and O–H groups in total. The number of methoxy groups -OCH3 is 1. The molecule has 0 amide bonds. The predicted molar refractivity (Wildman–Crippen MR) is 71.4 cm³/mol. The van der Waals surface area contributed by atoms with Gasteiger partial charge < -0.3 is 14.6 Å². The SMILES string of the molecule is C=C(C(=O)OCC)C(O)c1ccc(OC)c(Br)c1. The first kappa shape index (κ1) is 14.7. The maximum Gasteiger partial charge on any atom is 0.336 e. The van der Waals surface area contributed by atoms with E-state index in [9.17, 15) is 9.90 Å². The Hall–Kier alpha value is -1.33. The van der Waals surface area contributed by atoms with Crippen LogP contribution in [0.1, 0.15) is 18.6 Å². The van der Waals surface area contributed by atoms with Gasteiger partial charge in [-0.25, -0.2) is 4.79 Å². The average molecular weight is 315 g/mol. The van der Waals surface area contributed by atoms with Crippen molar-refractivity contribution in [3.8, 4) is 5.75 Å². The Balaban J connectivity index is 2.90. The summed E-state index contributed by atoms with van der Waals surface area (Å²) in [7, 11) is 1.55. The molecule has 18 heavy (non-hydrogen) atoms. The van der Waals surface area contributed by atoms with Crippen molar-refractivity contribution in [1.82, 2.24) is 0 Å². The van der Waals surface area contributed by atoms with Gasteiger partial charge in [0.05, 0.1) is 23.8 Å². The van der Waals surface area contributed by atoms with Gasteiger partial charge in [0.1, 0.15) is 11.9 Å². The minimum Gasteiger partial charge on any atom is -0.496 e. The Kier molecular flexibility index (Phi) is 5.37. The lowest BCUT2D eigenvalue weighted by molar-refractivity contribution is -0.139. The van der Waals surface area contributed by atoms with Crippen LogP contribution in [0.3, 0.4) is 0 Å². The predicted octanol–water partition coefficient (Wildman–Crippen LogP) is 2.61. The third-order valence-electron chi connectivity index (χ3n) is 2.36. The van der Waals surface area contributed by atoms with Crippen molar-refractivity contribution in [1.29, 1.82) is 0 Å². The molecule has 0 aromatic heterocycles. The van der Waals surface area contributed by atoms with Gasteiger partial charge in [-0.05, 0) is 40.5 Å². The number of ether oxygens (including phenoxy) is 2. The van der Waals surface area contributed by atoms with Crippen molar-refractivity contribution in [2.75, 3.05) is 13.7 Å². The smallest absolute Gasteiger partial charge is 0.336 e. The van der Waals surface area contributed by atoms with Gasteiger partial charge in [0.15, 0.2) is 0 Å². The maximum absolute atomic E-state index is 11.4. The van der Waals surface area contributed by atoms with E-state index in [2.05, 4.69) is 22.5 Å². The van der Waals surface area contributed by atoms with Gasteiger partial charge in [-0.2, -0.15) is 0 Å². The molecule has 1 atom stereocenters. The zero-order chi connectivity index (χ0) is 13.7. The van der Waals surface area contributed by atoms with Gasteiger partial charge in [0.25, 0.3) is 0 Å². The number of carbonyl (C=O) groups excluding carboxylic acids is 1. The number of benzene rings is 1. The van der Waals surface area contributed by atoms with Crippen molar-refractivity contribution in [3.05, 3.63) is 40.4 Å². The lowest BCUT2D eigenvalue weighted by Crippen LogP contribution is -2.13. The molecule has 0 radical (unpaired) electrons. The molecule has 0 spiro atoms. The van der Waals surface area contributed by atoms with Gasteiger partial charge in [0.2, 0.25) is 0 Å². The molecule has 0 saturated carbocycles. The number of halogens is 1. The lowest BCUT2D eigenvalue weighted by Gasteiger charge is -2.14. The van der Waals surface area contributed by atoms with E-state index in [4.69, 9.17) is 9.47 Å². The standard InChI is InChI=1S/C13H15BrO4/c1-4-18-13(16)8(2)12(15)9-5-6-11(17-3)10(14)7-9/h5-7,12,15H,2,4H2,1,3H3. The minimum absolute atomic E-state index is 0.00826. The number of esters is 1. The molecular formula is C13H15BrO4. The van der Waals surface area contributed by atoms with Gasteiger partial charge >= 0.3 is 5.97 Å². The van der Waals surface area contributed by atoms with Gasteiger partial charge in [-0.3, -0.25) is 0 Å². The normalized spacial score (nSPS) is 11.8. The van der Waals surface area contributed by atoms with Gasteiger partial charge in [0, 0.05) is 0 Å². The molecule has 1 aromatic carbocycles. The quantitative estimate of drug-likeness (QED) is 0.670. The summed E-state index contributed by atoms with van der Waals surface area (Å²) in [4.78, 5) is 11.4. The minimum atomic E-state index is -1.09. The van der Waals surface area contributed by atoms with E-state index in [0.29, 0.717) is 15.8 Å². The van der Waals surface area contributed by atoms with E-state index < -0.39 is 12.1 Å². The number of hydrogen-bond donors (Lipinski definition) is 1. The third-order valence-corrected chi connectivity index (χ3v) is 2.98. The summed E-state index contributed by atoms with van der Waals surface area (Å²) in [5.74, 6) is 0.0460. The van der Waals surface area contributed by atoms with Crippen LogP contribution in [0.25, 0.3) is 0 Å². The van der Waals surface area contributed by atoms with Crippen LogP contribution < -0.4 is 4.74 Å². The zero-order valence-corrected chi connectivity index (χ0v) is 11.9. The first-order chi connectivity index (χ1) is 8.51. The molecule has 4 nitrogen and oxygen atoms in total. The monoisotopic (exact) mass is 314 g/mol. The molecule has 0 aliphatic carbocycles. The number of hydrogen-bond acceptors (Lipinski definition) is 4. The molecule has 5 heteroatoms. The molecule has 1 unspecified atom stereocenters. The highest BCUT2D eigenvalue weighted by atomic mass is 79.9. The van der Waals surface area contributed by atoms with Gasteiger partial charge in [-0.1, -0.05) is 12.6 Å². The second-order valence-corrected chi connectivity index (χ2v) is 4.40. The Morgan fingerprint density at radius 3 is 2.72 bits per heavy atom. The fourth-order valence-electron chi connectivity index (χ4n) is 1.39. The maximum atomic E-state index is 11.4. The highest BCUT2D eigenvalue weighted by molar-refractivity contribution is 9.10. The summed E-state index contributed by atoms with van der Waals surface area (Å²) in [6.07, 6.45) is -1.09. The molecule has 1 rings (SSSR count). The average Bonchev–Trinajstić information content (AvgIpc) is 2.37. The van der Waals surface area contributed by atoms with Crippen LogP contribution in [0.5, 0.6) is 5.75 Å². The first-order valence-corrected chi connectivity index (χ1v) is 6.18. The van der Waals surface area contributed by atoms with Crippen molar-refractivity contribution < 1.29 is 19.4 Å². The fraction of sp³-hybridized carbons (Fsp3) is 0.308. The number of aliphatic hydroxyl groups is 1. The van der Waals surface area contributed by atoms with E-state index in [1.165, 1.54) is 0 Å². The van der Waals surface area contributed by atoms with Crippen molar-refractivity contribution >= 4 is 21.9 Å². The van der Waals surface area contributed by atoms with E-state index >= 15 is 0 Å². The number of carbonyl (C=O) groups is 1. The van der Waals surface area contributed by atoms with Crippen LogP contribution in [-0.4, -0.2) is 24.8 Å². The first-order valence-electron chi connectivity index (χ1n) is 5.38. The van der Waals surface area contributed by atoms with E-state index in [1.54, 1.807) is 32.2 Å². The fourth-order valence-corrected chi connectivity index (χ4v) is 1.95. The second kappa shape index (κ2) is 6.56. The van der Waals surface area contributed by atoms with Crippen LogP contribution in [-0.2, 0) is 9.53 Å². The Morgan fingerprint density at radius 2 is 2.22 bits per heavy atom. The molecule has 0 bridgehead atoms. The molecule has 98 valence electrons. The molecule has 0 aliphatic rings. The summed E-state index contributed by atoms with van der Waals surface area (Å²) in [6.45, 7) is 5.49. The molecule has 1 aromatic rings. The Labute approximate surface area is 114 Å². The van der Waals surface area contributed by atoms with E-state index in [0.717, 1.165) is 0 Å². The Bertz CT molecular complexity index is 456. The largest absolute Gasteiger partial charge is 0.496 e. The van der Waals surface area contributed by atoms with Crippen molar-refractivity contribution in [2.45, 2.75) is 13.0 Å². The molecule has 0 saturated heterocycles. The summed E-state index contributed by atoms with van der Waals surface area (Å²) < 4.78 is 10.6. The number of rotatable bonds is 5. The Morgan fingerprint density at radius 1 is 1.56 bits per heavy atom. The lowest BCUT2D eigenvalue weighted by atomic mass is 10.0. The third kappa shape index (κ3) is 3.34. The highest BCUT2D eigenvalue weighted by Gasteiger charge is 2.20. The van der Waals surface area contributed by atoms with Crippen LogP contribution in [0.15, 0.2) is 34.8 Å². The number of aliphatic hydroxyl groups excluding tert-OH is 1. The van der Waals surface area contributed by atoms with Crippen LogP contribution in [0.4, 0.5) is 0 Å². The summed E-state index contributed by atoms with van der Waals surface area (Å²) >= 11 is 3.31. The second-order valence-electron chi connectivity index (χ2n) is 3.54. The topological polar surface area (TPSA) is 55.8 Å². The molecule has 0 heterocycles. The summed E-state index contributed by atoms with van der Waals surface area (Å²) in [5, 5.41) is 10.0. The van der Waals surface area contributed by atoms with Crippen molar-refractivity contribution in [3.63, 3.8) is 0 Å². The molecule has 0 aliphatic heterocycles. The zero-order valence-electron chi connectivity index (χ0n) is 10.3. The molecular weight excluding hydrogens is 300 g/mol. The molecule has 0 fully saturated rings.